The van der Waals surface area contributed by atoms with E-state index in [4.69, 9.17) is 14.9 Å². The molecular weight excluding hydrogens is 577 g/mol. The fourth-order valence-electron chi connectivity index (χ4n) is 4.83. The molecule has 12 heteroatoms. The third kappa shape index (κ3) is 6.86. The summed E-state index contributed by atoms with van der Waals surface area (Å²) in [5.74, 6) is -4.77. The molecule has 2 atom stereocenters. The summed E-state index contributed by atoms with van der Waals surface area (Å²) in [5.41, 5.74) is 5.02. The van der Waals surface area contributed by atoms with Crippen molar-refractivity contribution in [1.29, 1.82) is 0 Å². The predicted octanol–water partition coefficient (Wildman–Crippen LogP) is 6.05. The lowest BCUT2D eigenvalue weighted by atomic mass is 9.83. The van der Waals surface area contributed by atoms with Gasteiger partial charge in [0.25, 0.3) is 5.92 Å². The van der Waals surface area contributed by atoms with Gasteiger partial charge in [-0.1, -0.05) is 26.8 Å². The fourth-order valence-corrected chi connectivity index (χ4v) is 5.78. The van der Waals surface area contributed by atoms with Crippen LogP contribution in [0.5, 0.6) is 11.5 Å². The first-order valence-electron chi connectivity index (χ1n) is 14.1. The van der Waals surface area contributed by atoms with Crippen LogP contribution in [0.4, 0.5) is 13.2 Å². The number of benzene rings is 1. The molecule has 232 valence electrons. The second-order valence-electron chi connectivity index (χ2n) is 12.7. The van der Waals surface area contributed by atoms with Crippen LogP contribution in [-0.4, -0.2) is 48.1 Å². The molecule has 3 aromatic rings. The number of primary amides is 1. The minimum absolute atomic E-state index is 0.0293. The van der Waals surface area contributed by atoms with Gasteiger partial charge in [0.15, 0.2) is 8.32 Å². The highest BCUT2D eigenvalue weighted by molar-refractivity contribution is 6.74. The molecule has 2 aromatic heterocycles. The van der Waals surface area contributed by atoms with Crippen molar-refractivity contribution in [2.75, 3.05) is 13.1 Å². The number of piperidine rings is 1. The van der Waals surface area contributed by atoms with Crippen LogP contribution >= 0.6 is 0 Å². The molecule has 0 saturated carbocycles. The summed E-state index contributed by atoms with van der Waals surface area (Å²) >= 11 is 0. The van der Waals surface area contributed by atoms with Gasteiger partial charge < -0.3 is 19.9 Å². The third-order valence-electron chi connectivity index (χ3n) is 8.83. The summed E-state index contributed by atoms with van der Waals surface area (Å²) in [6.07, 6.45) is 2.18. The monoisotopic (exact) mass is 616 g/mol. The zero-order valence-corrected chi connectivity index (χ0v) is 26.3. The van der Waals surface area contributed by atoms with Crippen LogP contribution in [0, 0.1) is 5.82 Å². The summed E-state index contributed by atoms with van der Waals surface area (Å²) in [6.45, 7) is 12.0. The minimum atomic E-state index is -3.06. The van der Waals surface area contributed by atoms with Gasteiger partial charge in [0.2, 0.25) is 11.5 Å². The molecule has 1 unspecified atom stereocenters. The number of carbonyl (C=O) groups excluding carboxylic acids is 1. The Morgan fingerprint density at radius 1 is 1.16 bits per heavy atom. The molecule has 0 radical (unpaired) electrons. The van der Waals surface area contributed by atoms with Crippen LogP contribution < -0.4 is 16.0 Å². The first-order valence-corrected chi connectivity index (χ1v) is 17.0. The number of alkyl halides is 2. The van der Waals surface area contributed by atoms with Crippen molar-refractivity contribution in [2.24, 2.45) is 5.73 Å². The lowest BCUT2D eigenvalue weighted by Gasteiger charge is -2.46. The van der Waals surface area contributed by atoms with Crippen molar-refractivity contribution in [3.63, 3.8) is 0 Å². The van der Waals surface area contributed by atoms with Gasteiger partial charge in [0.1, 0.15) is 22.9 Å². The van der Waals surface area contributed by atoms with E-state index in [2.05, 4.69) is 43.8 Å². The van der Waals surface area contributed by atoms with Gasteiger partial charge in [0.05, 0.1) is 24.4 Å². The summed E-state index contributed by atoms with van der Waals surface area (Å²) in [7, 11) is -2.12. The van der Waals surface area contributed by atoms with Crippen molar-refractivity contribution in [1.82, 2.24) is 14.9 Å². The number of amides is 1. The Kier molecular flexibility index (Phi) is 8.97. The molecule has 1 aliphatic rings. The maximum atomic E-state index is 15.0. The number of likely N-dealkylation sites (tertiary alicyclic amines) is 1. The molecule has 1 aliphatic heterocycles. The summed E-state index contributed by atoms with van der Waals surface area (Å²) in [6, 6.07) is 9.92. The molecule has 3 N–H and O–H groups in total. The number of rotatable bonds is 9. The van der Waals surface area contributed by atoms with Gasteiger partial charge in [-0.2, -0.15) is 0 Å². The van der Waals surface area contributed by atoms with Crippen molar-refractivity contribution >= 4 is 14.2 Å². The van der Waals surface area contributed by atoms with Crippen molar-refractivity contribution in [3.8, 4) is 11.5 Å². The third-order valence-corrected chi connectivity index (χ3v) is 13.3. The number of nitrogens with one attached hydrogen (secondary N) is 1. The molecule has 43 heavy (non-hydrogen) atoms. The Labute approximate surface area is 250 Å². The van der Waals surface area contributed by atoms with E-state index in [1.807, 2.05) is 0 Å². The average Bonchev–Trinajstić information content (AvgIpc) is 2.93. The highest BCUT2D eigenvalue weighted by Crippen LogP contribution is 2.44. The highest BCUT2D eigenvalue weighted by atomic mass is 28.4. The maximum absolute atomic E-state index is 15.0. The number of pyridine rings is 2. The smallest absolute Gasteiger partial charge is 0.257 e. The van der Waals surface area contributed by atoms with Gasteiger partial charge in [-0.3, -0.25) is 19.5 Å². The lowest BCUT2D eigenvalue weighted by Crippen LogP contribution is -2.59. The SMILES string of the molecule is CC(C(N)=O)(c1ccc(Oc2ccc(F)cc2CO[Si](C)(C)C(C)(C)C)cn1)N1CCC(F)(F)[C@@H](c2ccc(=O)[nH]c2)C1. The molecular formula is C31H39F3N4O4Si. The van der Waals surface area contributed by atoms with Crippen LogP contribution in [0.3, 0.4) is 0 Å². The van der Waals surface area contributed by atoms with E-state index in [-0.39, 0.29) is 36.0 Å². The molecule has 8 nitrogen and oxygen atoms in total. The van der Waals surface area contributed by atoms with Crippen molar-refractivity contribution in [3.05, 3.63) is 87.9 Å². The second kappa shape index (κ2) is 11.9. The highest BCUT2D eigenvalue weighted by Gasteiger charge is 2.51. The Morgan fingerprint density at radius 2 is 1.88 bits per heavy atom. The van der Waals surface area contributed by atoms with Crippen LogP contribution in [0.2, 0.25) is 18.1 Å². The molecule has 1 amide bonds. The molecule has 1 fully saturated rings. The maximum Gasteiger partial charge on any atom is 0.257 e. The molecule has 0 spiro atoms. The van der Waals surface area contributed by atoms with Crippen molar-refractivity contribution < 1.29 is 27.1 Å². The fraction of sp³-hybridized carbons (Fsp3) is 0.452. The summed E-state index contributed by atoms with van der Waals surface area (Å²) < 4.78 is 56.5. The van der Waals surface area contributed by atoms with E-state index in [1.54, 1.807) is 24.0 Å². The number of hydrogen-bond acceptors (Lipinski definition) is 6. The lowest BCUT2D eigenvalue weighted by molar-refractivity contribution is -0.139. The largest absolute Gasteiger partial charge is 0.455 e. The van der Waals surface area contributed by atoms with Crippen LogP contribution in [0.15, 0.2) is 59.7 Å². The number of ether oxygens (including phenoxy) is 1. The molecule has 4 rings (SSSR count). The van der Waals surface area contributed by atoms with Gasteiger partial charge in [0, 0.05) is 37.3 Å². The van der Waals surface area contributed by atoms with E-state index in [0.717, 1.165) is 0 Å². The Morgan fingerprint density at radius 3 is 2.47 bits per heavy atom. The van der Waals surface area contributed by atoms with E-state index in [1.165, 1.54) is 42.7 Å². The number of H-pyrrole nitrogens is 1. The zero-order chi connectivity index (χ0) is 31.8. The standard InChI is InChI=1S/C31H39F3N4O4Si/c1-29(2,3)43(5,6)41-19-21-15-22(32)8-10-25(21)42-23-9-11-26(36-17-23)30(4,28(35)40)38-14-13-31(33,34)24(18-38)20-7-12-27(39)37-16-20/h7-12,15-17,24H,13-14,18-19H2,1-6H3,(H2,35,40)(H,37,39)/t24-,30?/m1/s1. The van der Waals surface area contributed by atoms with Crippen molar-refractivity contribution in [2.45, 2.75) is 76.2 Å². The Hall–Kier alpha value is -3.48. The average molecular weight is 617 g/mol. The summed E-state index contributed by atoms with van der Waals surface area (Å²) in [5, 5.41) is -0.0293. The second-order valence-corrected chi connectivity index (χ2v) is 17.5. The van der Waals surface area contributed by atoms with Gasteiger partial charge in [-0.25, -0.2) is 13.2 Å². The van der Waals surface area contributed by atoms with E-state index in [0.29, 0.717) is 17.1 Å². The number of aromatic amines is 1. The quantitative estimate of drug-likeness (QED) is 0.283. The van der Waals surface area contributed by atoms with Crippen LogP contribution in [0.25, 0.3) is 0 Å². The molecule has 0 aliphatic carbocycles. The molecule has 1 aromatic carbocycles. The number of nitrogens with two attached hydrogens (primary N) is 1. The van der Waals surface area contributed by atoms with Gasteiger partial charge in [-0.05, 0) is 61.0 Å². The van der Waals surface area contributed by atoms with E-state index < -0.39 is 49.4 Å². The summed E-state index contributed by atoms with van der Waals surface area (Å²) in [4.78, 5) is 32.9. The number of halogens is 3. The normalized spacial score (nSPS) is 19.0. The first-order chi connectivity index (χ1) is 19.9. The Balaban J connectivity index is 1.57. The van der Waals surface area contributed by atoms with Gasteiger partial charge >= 0.3 is 0 Å². The molecule has 3 heterocycles. The zero-order valence-electron chi connectivity index (χ0n) is 25.3. The molecule has 0 bridgehead atoms. The predicted molar refractivity (Wildman–Crippen MR) is 160 cm³/mol. The van der Waals surface area contributed by atoms with E-state index >= 15 is 8.78 Å². The minimum Gasteiger partial charge on any atom is -0.455 e. The number of carbonyl (C=O) groups is 1. The Bertz CT molecular complexity index is 1500. The van der Waals surface area contributed by atoms with E-state index in [9.17, 15) is 14.0 Å². The first kappa shape index (κ1) is 32.4. The number of aromatic nitrogens is 2. The van der Waals surface area contributed by atoms with Crippen LogP contribution in [-0.2, 0) is 21.4 Å². The topological polar surface area (TPSA) is 111 Å². The number of hydrogen-bond donors (Lipinski definition) is 2. The number of nitrogens with zero attached hydrogens (tertiary/aromatic N) is 2. The molecule has 1 saturated heterocycles. The van der Waals surface area contributed by atoms with Crippen LogP contribution in [0.1, 0.15) is 56.9 Å². The van der Waals surface area contributed by atoms with Gasteiger partial charge in [-0.15, -0.1) is 0 Å².